The lowest BCUT2D eigenvalue weighted by Gasteiger charge is -2.35. The molecule has 6 nitrogen and oxygen atoms in total. The van der Waals surface area contributed by atoms with Crippen LogP contribution in [0.4, 0.5) is 4.39 Å². The van der Waals surface area contributed by atoms with Crippen molar-refractivity contribution in [2.24, 2.45) is 0 Å². The van der Waals surface area contributed by atoms with Crippen molar-refractivity contribution in [3.63, 3.8) is 0 Å². The Morgan fingerprint density at radius 2 is 1.94 bits per heavy atom. The zero-order valence-electron chi connectivity index (χ0n) is 17.5. The van der Waals surface area contributed by atoms with E-state index in [9.17, 15) is 9.18 Å². The van der Waals surface area contributed by atoms with Crippen LogP contribution in [0.2, 0.25) is 0 Å². The molecule has 2 aromatic heterocycles. The average molecular weight is 427 g/mol. The highest BCUT2D eigenvalue weighted by Gasteiger charge is 2.43. The van der Waals surface area contributed by atoms with E-state index in [2.05, 4.69) is 15.0 Å². The number of nitrogens with zero attached hydrogens (tertiary/aromatic N) is 4. The zero-order valence-corrected chi connectivity index (χ0v) is 17.5. The van der Waals surface area contributed by atoms with Crippen molar-refractivity contribution in [1.29, 1.82) is 0 Å². The quantitative estimate of drug-likeness (QED) is 0.525. The number of nitrogens with one attached hydrogen (secondary N) is 1. The minimum atomic E-state index is -0.276. The summed E-state index contributed by atoms with van der Waals surface area (Å²) in [6.07, 6.45) is 5.52. The fourth-order valence-corrected chi connectivity index (χ4v) is 5.07. The van der Waals surface area contributed by atoms with Crippen LogP contribution in [0.1, 0.15) is 42.4 Å². The molecular formula is C25H22FN5O. The third-order valence-corrected chi connectivity index (χ3v) is 6.59. The Bertz CT molecular complexity index is 1280. The summed E-state index contributed by atoms with van der Waals surface area (Å²) in [5.41, 5.74) is 4.77. The van der Waals surface area contributed by atoms with Crippen molar-refractivity contribution in [2.75, 3.05) is 0 Å². The number of carbonyl (C=O) groups excluding carboxylic acids is 1. The largest absolute Gasteiger partial charge is 0.342 e. The van der Waals surface area contributed by atoms with E-state index in [0.717, 1.165) is 52.9 Å². The fraction of sp³-hybridized carbons (Fsp3) is 0.280. The lowest BCUT2D eigenvalue weighted by Crippen LogP contribution is -2.42. The molecule has 4 aromatic rings. The molecule has 32 heavy (non-hydrogen) atoms. The summed E-state index contributed by atoms with van der Waals surface area (Å²) in [5, 5.41) is 0. The molecule has 0 aliphatic carbocycles. The third kappa shape index (κ3) is 3.25. The molecule has 160 valence electrons. The number of benzene rings is 2. The van der Waals surface area contributed by atoms with E-state index < -0.39 is 0 Å². The zero-order chi connectivity index (χ0) is 21.7. The number of hydrogen-bond donors (Lipinski definition) is 1. The summed E-state index contributed by atoms with van der Waals surface area (Å²) < 4.78 is 13.2. The fourth-order valence-electron chi connectivity index (χ4n) is 5.07. The number of carbonyl (C=O) groups is 1. The molecule has 1 N–H and O–H groups in total. The standard InChI is InChI=1S/C25H22FN5O/c26-16-7-5-15(6-8-16)25-27-14-18-21(30-25)13-17-9-10-22(18)31(17)24(32)12-11-23-28-19-3-1-2-4-20(19)29-23/h1-8,14,17,22H,9-13H2,(H,28,29). The van der Waals surface area contributed by atoms with Crippen LogP contribution >= 0.6 is 0 Å². The first kappa shape index (κ1) is 19.1. The predicted molar refractivity (Wildman–Crippen MR) is 118 cm³/mol. The van der Waals surface area contributed by atoms with Gasteiger partial charge >= 0.3 is 0 Å². The van der Waals surface area contributed by atoms with Crippen LogP contribution in [0.15, 0.2) is 54.7 Å². The number of aromatic amines is 1. The van der Waals surface area contributed by atoms with Crippen LogP contribution in [-0.4, -0.2) is 36.8 Å². The first-order valence-electron chi connectivity index (χ1n) is 11.0. The van der Waals surface area contributed by atoms with E-state index >= 15 is 0 Å². The third-order valence-electron chi connectivity index (χ3n) is 6.59. The van der Waals surface area contributed by atoms with E-state index in [0.29, 0.717) is 18.7 Å². The van der Waals surface area contributed by atoms with E-state index in [1.165, 1.54) is 12.1 Å². The van der Waals surface area contributed by atoms with Crippen LogP contribution in [0.25, 0.3) is 22.4 Å². The van der Waals surface area contributed by atoms with Gasteiger partial charge in [0.05, 0.1) is 22.8 Å². The van der Waals surface area contributed by atoms with Crippen LogP contribution in [-0.2, 0) is 17.6 Å². The highest BCUT2D eigenvalue weighted by atomic mass is 19.1. The van der Waals surface area contributed by atoms with Crippen molar-refractivity contribution in [2.45, 2.75) is 44.2 Å². The van der Waals surface area contributed by atoms with E-state index in [1.807, 2.05) is 35.4 Å². The molecule has 0 radical (unpaired) electrons. The molecule has 2 bridgehead atoms. The smallest absolute Gasteiger partial charge is 0.223 e. The molecular weight excluding hydrogens is 405 g/mol. The molecule has 1 fully saturated rings. The molecule has 0 saturated carbocycles. The summed E-state index contributed by atoms with van der Waals surface area (Å²) in [6.45, 7) is 0. The van der Waals surface area contributed by atoms with Gasteiger partial charge in [-0.25, -0.2) is 19.3 Å². The van der Waals surface area contributed by atoms with Crippen molar-refractivity contribution in [1.82, 2.24) is 24.8 Å². The second-order valence-electron chi connectivity index (χ2n) is 8.56. The summed E-state index contributed by atoms with van der Waals surface area (Å²) >= 11 is 0. The van der Waals surface area contributed by atoms with Crippen LogP contribution in [0, 0.1) is 5.82 Å². The number of hydrogen-bond acceptors (Lipinski definition) is 4. The molecule has 2 unspecified atom stereocenters. The molecule has 7 heteroatoms. The second kappa shape index (κ2) is 7.51. The number of rotatable bonds is 4. The van der Waals surface area contributed by atoms with E-state index in [1.54, 1.807) is 12.1 Å². The molecule has 6 rings (SSSR count). The first-order chi connectivity index (χ1) is 15.7. The van der Waals surface area contributed by atoms with Gasteiger partial charge < -0.3 is 9.88 Å². The van der Waals surface area contributed by atoms with Gasteiger partial charge in [-0.1, -0.05) is 12.1 Å². The molecule has 1 amide bonds. The number of aromatic nitrogens is 4. The summed E-state index contributed by atoms with van der Waals surface area (Å²) in [5.74, 6) is 1.33. The van der Waals surface area contributed by atoms with Crippen molar-refractivity contribution in [3.8, 4) is 11.4 Å². The minimum Gasteiger partial charge on any atom is -0.342 e. The number of H-pyrrole nitrogens is 1. The SMILES string of the molecule is O=C(CCc1nc2ccccc2[nH]1)N1C2CCC1c1cnc(-c3ccc(F)cc3)nc1C2. The molecule has 2 aliphatic rings. The second-order valence-corrected chi connectivity index (χ2v) is 8.56. The Hall–Kier alpha value is -3.61. The minimum absolute atomic E-state index is 0.0363. The van der Waals surface area contributed by atoms with Crippen molar-refractivity contribution < 1.29 is 9.18 Å². The first-order valence-corrected chi connectivity index (χ1v) is 11.0. The van der Waals surface area contributed by atoms with Gasteiger partial charge in [0, 0.05) is 42.6 Å². The van der Waals surface area contributed by atoms with Gasteiger partial charge in [0.2, 0.25) is 5.91 Å². The normalized spacial score (nSPS) is 19.3. The topological polar surface area (TPSA) is 74.8 Å². The Balaban J connectivity index is 1.20. The van der Waals surface area contributed by atoms with Gasteiger partial charge in [-0.15, -0.1) is 0 Å². The monoisotopic (exact) mass is 427 g/mol. The van der Waals surface area contributed by atoms with E-state index in [-0.39, 0.29) is 23.8 Å². The van der Waals surface area contributed by atoms with Gasteiger partial charge in [-0.05, 0) is 49.2 Å². The summed E-state index contributed by atoms with van der Waals surface area (Å²) in [7, 11) is 0. The van der Waals surface area contributed by atoms with Gasteiger partial charge in [0.15, 0.2) is 5.82 Å². The van der Waals surface area contributed by atoms with Crippen LogP contribution in [0.5, 0.6) is 0 Å². The summed E-state index contributed by atoms with van der Waals surface area (Å²) in [4.78, 5) is 32.4. The van der Waals surface area contributed by atoms with Gasteiger partial charge in [0.25, 0.3) is 0 Å². The number of para-hydroxylation sites is 2. The molecule has 1 saturated heterocycles. The number of fused-ring (bicyclic) bond motifs is 5. The van der Waals surface area contributed by atoms with Crippen LogP contribution in [0.3, 0.4) is 0 Å². The number of halogens is 1. The van der Waals surface area contributed by atoms with Crippen molar-refractivity contribution in [3.05, 3.63) is 77.6 Å². The number of imidazole rings is 1. The van der Waals surface area contributed by atoms with Gasteiger partial charge in [0.1, 0.15) is 11.6 Å². The Kier molecular flexibility index (Phi) is 4.48. The summed E-state index contributed by atoms with van der Waals surface area (Å²) in [6, 6.07) is 14.3. The molecule has 0 spiro atoms. The molecule has 4 heterocycles. The van der Waals surface area contributed by atoms with Gasteiger partial charge in [-0.3, -0.25) is 4.79 Å². The maximum absolute atomic E-state index is 13.2. The predicted octanol–water partition coefficient (Wildman–Crippen LogP) is 4.38. The van der Waals surface area contributed by atoms with Crippen molar-refractivity contribution >= 4 is 16.9 Å². The Morgan fingerprint density at radius 1 is 1.09 bits per heavy atom. The highest BCUT2D eigenvalue weighted by Crippen LogP contribution is 2.43. The lowest BCUT2D eigenvalue weighted by atomic mass is 9.98. The van der Waals surface area contributed by atoms with Crippen LogP contribution < -0.4 is 0 Å². The average Bonchev–Trinajstić information content (AvgIpc) is 3.37. The van der Waals surface area contributed by atoms with E-state index in [4.69, 9.17) is 4.98 Å². The molecule has 2 aromatic carbocycles. The molecule has 2 atom stereocenters. The maximum atomic E-state index is 13.2. The molecule has 2 aliphatic heterocycles. The number of aryl methyl sites for hydroxylation is 1. The lowest BCUT2D eigenvalue weighted by molar-refractivity contribution is -0.134. The van der Waals surface area contributed by atoms with Gasteiger partial charge in [-0.2, -0.15) is 0 Å². The Labute approximate surface area is 184 Å². The number of amides is 1. The maximum Gasteiger partial charge on any atom is 0.223 e. The Morgan fingerprint density at radius 3 is 2.78 bits per heavy atom. The highest BCUT2D eigenvalue weighted by molar-refractivity contribution is 5.79.